The van der Waals surface area contributed by atoms with Gasteiger partial charge in [0, 0.05) is 25.1 Å². The molecule has 0 aliphatic carbocycles. The Hall–Kier alpha value is -2.60. The summed E-state index contributed by atoms with van der Waals surface area (Å²) in [4.78, 5) is 14.6. The second kappa shape index (κ2) is 7.74. The number of likely N-dealkylation sites (tertiary alicyclic amines) is 1. The van der Waals surface area contributed by atoms with E-state index in [0.717, 1.165) is 5.56 Å². The fourth-order valence-electron chi connectivity index (χ4n) is 3.54. The predicted molar refractivity (Wildman–Crippen MR) is 97.1 cm³/mol. The molecule has 0 unspecified atom stereocenters. The molecule has 2 N–H and O–H groups in total. The number of nitrogens with zero attached hydrogens (tertiary/aromatic N) is 1. The number of hydrogen-bond acceptors (Lipinski definition) is 4. The van der Waals surface area contributed by atoms with Crippen molar-refractivity contribution in [1.29, 1.82) is 0 Å². The van der Waals surface area contributed by atoms with Gasteiger partial charge in [0.1, 0.15) is 5.82 Å². The van der Waals surface area contributed by atoms with E-state index in [1.807, 2.05) is 30.3 Å². The molecule has 5 nitrogen and oxygen atoms in total. The van der Waals surface area contributed by atoms with E-state index in [1.54, 1.807) is 4.90 Å². The SMILES string of the molecule is COc1cc(F)c(C(=O)N2C[C@@H](CN)[C@H](c3ccccc3)C2)cc1OC. The standard InChI is InChI=1S/C20H23FN2O3/c1-25-18-8-15(17(21)9-19(18)26-2)20(24)23-11-14(10-22)16(12-23)13-6-4-3-5-7-13/h3-9,14,16H,10-12,22H2,1-2H3/t14-,16+/m1/s1. The highest BCUT2D eigenvalue weighted by Crippen LogP contribution is 2.35. The average molecular weight is 358 g/mol. The van der Waals surface area contributed by atoms with Gasteiger partial charge in [-0.25, -0.2) is 4.39 Å². The summed E-state index contributed by atoms with van der Waals surface area (Å²) in [5, 5.41) is 0. The van der Waals surface area contributed by atoms with Crippen LogP contribution in [-0.4, -0.2) is 44.7 Å². The van der Waals surface area contributed by atoms with Crippen LogP contribution in [0.1, 0.15) is 21.8 Å². The Bertz CT molecular complexity index is 782. The van der Waals surface area contributed by atoms with E-state index in [1.165, 1.54) is 26.4 Å². The van der Waals surface area contributed by atoms with Crippen molar-refractivity contribution in [2.45, 2.75) is 5.92 Å². The maximum atomic E-state index is 14.4. The Labute approximate surface area is 152 Å². The van der Waals surface area contributed by atoms with Gasteiger partial charge in [-0.15, -0.1) is 0 Å². The number of benzene rings is 2. The molecule has 138 valence electrons. The molecule has 1 amide bonds. The quantitative estimate of drug-likeness (QED) is 0.892. The number of carbonyl (C=O) groups excluding carboxylic acids is 1. The Balaban J connectivity index is 1.87. The number of ether oxygens (including phenoxy) is 2. The van der Waals surface area contributed by atoms with Crippen molar-refractivity contribution in [2.75, 3.05) is 33.9 Å². The number of carbonyl (C=O) groups is 1. The highest BCUT2D eigenvalue weighted by Gasteiger charge is 2.36. The van der Waals surface area contributed by atoms with E-state index >= 15 is 0 Å². The molecule has 2 aromatic rings. The van der Waals surface area contributed by atoms with Gasteiger partial charge in [-0.1, -0.05) is 30.3 Å². The van der Waals surface area contributed by atoms with Crippen molar-refractivity contribution < 1.29 is 18.7 Å². The van der Waals surface area contributed by atoms with Crippen LogP contribution in [-0.2, 0) is 0 Å². The molecule has 1 heterocycles. The summed E-state index contributed by atoms with van der Waals surface area (Å²) in [5.74, 6) is -0.116. The zero-order valence-electron chi connectivity index (χ0n) is 14.9. The smallest absolute Gasteiger partial charge is 0.257 e. The molecular formula is C20H23FN2O3. The van der Waals surface area contributed by atoms with Crippen LogP contribution in [0.25, 0.3) is 0 Å². The van der Waals surface area contributed by atoms with Gasteiger partial charge in [-0.05, 0) is 24.1 Å². The largest absolute Gasteiger partial charge is 0.493 e. The number of nitrogens with two attached hydrogens (primary N) is 1. The minimum absolute atomic E-state index is 0.0212. The fraction of sp³-hybridized carbons (Fsp3) is 0.350. The Morgan fingerprint density at radius 3 is 2.42 bits per heavy atom. The number of methoxy groups -OCH3 is 2. The molecule has 0 bridgehead atoms. The molecule has 0 radical (unpaired) electrons. The van der Waals surface area contributed by atoms with Crippen LogP contribution in [0, 0.1) is 11.7 Å². The van der Waals surface area contributed by atoms with Gasteiger partial charge in [0.15, 0.2) is 11.5 Å². The molecule has 26 heavy (non-hydrogen) atoms. The van der Waals surface area contributed by atoms with Crippen LogP contribution >= 0.6 is 0 Å². The first-order valence-corrected chi connectivity index (χ1v) is 8.54. The fourth-order valence-corrected chi connectivity index (χ4v) is 3.54. The third-order valence-corrected chi connectivity index (χ3v) is 4.96. The van der Waals surface area contributed by atoms with E-state index in [9.17, 15) is 9.18 Å². The maximum Gasteiger partial charge on any atom is 0.257 e. The van der Waals surface area contributed by atoms with Gasteiger partial charge >= 0.3 is 0 Å². The minimum atomic E-state index is -0.625. The van der Waals surface area contributed by atoms with Crippen molar-refractivity contribution >= 4 is 5.91 Å². The van der Waals surface area contributed by atoms with Crippen LogP contribution in [0.5, 0.6) is 11.5 Å². The monoisotopic (exact) mass is 358 g/mol. The highest BCUT2D eigenvalue weighted by atomic mass is 19.1. The number of halogens is 1. The van der Waals surface area contributed by atoms with Gasteiger partial charge in [-0.2, -0.15) is 0 Å². The van der Waals surface area contributed by atoms with Crippen molar-refractivity contribution in [3.05, 3.63) is 59.4 Å². The minimum Gasteiger partial charge on any atom is -0.493 e. The van der Waals surface area contributed by atoms with Gasteiger partial charge in [0.05, 0.1) is 19.8 Å². The molecule has 1 aliphatic rings. The zero-order valence-corrected chi connectivity index (χ0v) is 14.9. The molecule has 0 aromatic heterocycles. The summed E-state index contributed by atoms with van der Waals surface area (Å²) in [6.07, 6.45) is 0. The second-order valence-electron chi connectivity index (χ2n) is 6.41. The Morgan fingerprint density at radius 1 is 1.15 bits per heavy atom. The molecule has 2 aromatic carbocycles. The summed E-state index contributed by atoms with van der Waals surface area (Å²) < 4.78 is 24.7. The average Bonchev–Trinajstić information content (AvgIpc) is 3.12. The lowest BCUT2D eigenvalue weighted by Crippen LogP contribution is -2.30. The van der Waals surface area contributed by atoms with Crippen LogP contribution in [0.2, 0.25) is 0 Å². The number of rotatable bonds is 5. The second-order valence-corrected chi connectivity index (χ2v) is 6.41. The third kappa shape index (κ3) is 3.37. The van der Waals surface area contributed by atoms with Crippen molar-refractivity contribution in [2.24, 2.45) is 11.7 Å². The summed E-state index contributed by atoms with van der Waals surface area (Å²) in [6, 6.07) is 12.6. The van der Waals surface area contributed by atoms with Crippen LogP contribution in [0.3, 0.4) is 0 Å². The molecule has 1 aliphatic heterocycles. The van der Waals surface area contributed by atoms with Gasteiger partial charge in [-0.3, -0.25) is 4.79 Å². The number of amides is 1. The molecular weight excluding hydrogens is 335 g/mol. The molecule has 6 heteroatoms. The molecule has 0 spiro atoms. The maximum absolute atomic E-state index is 14.4. The predicted octanol–water partition coefficient (Wildman–Crippen LogP) is 2.66. The van der Waals surface area contributed by atoms with E-state index < -0.39 is 5.82 Å². The lowest BCUT2D eigenvalue weighted by atomic mass is 9.89. The van der Waals surface area contributed by atoms with Crippen molar-refractivity contribution in [1.82, 2.24) is 4.90 Å². The third-order valence-electron chi connectivity index (χ3n) is 4.96. The molecule has 0 saturated carbocycles. The molecule has 1 fully saturated rings. The molecule has 2 atom stereocenters. The number of hydrogen-bond donors (Lipinski definition) is 1. The van der Waals surface area contributed by atoms with E-state index in [-0.39, 0.29) is 29.1 Å². The topological polar surface area (TPSA) is 64.8 Å². The first-order chi connectivity index (χ1) is 12.6. The van der Waals surface area contributed by atoms with Gasteiger partial charge in [0.2, 0.25) is 0 Å². The first kappa shape index (κ1) is 18.2. The van der Waals surface area contributed by atoms with E-state index in [4.69, 9.17) is 15.2 Å². The lowest BCUT2D eigenvalue weighted by Gasteiger charge is -2.18. The molecule has 1 saturated heterocycles. The lowest BCUT2D eigenvalue weighted by molar-refractivity contribution is 0.0781. The van der Waals surface area contributed by atoms with Crippen LogP contribution < -0.4 is 15.2 Å². The summed E-state index contributed by atoms with van der Waals surface area (Å²) in [5.41, 5.74) is 7.05. The normalized spacial score (nSPS) is 19.5. The first-order valence-electron chi connectivity index (χ1n) is 8.54. The van der Waals surface area contributed by atoms with Crippen LogP contribution in [0.4, 0.5) is 4.39 Å². The van der Waals surface area contributed by atoms with Crippen LogP contribution in [0.15, 0.2) is 42.5 Å². The van der Waals surface area contributed by atoms with Gasteiger partial charge in [0.25, 0.3) is 5.91 Å². The summed E-state index contributed by atoms with van der Waals surface area (Å²) in [7, 11) is 2.88. The highest BCUT2D eigenvalue weighted by molar-refractivity contribution is 5.95. The van der Waals surface area contributed by atoms with E-state index in [2.05, 4.69) is 0 Å². The van der Waals surface area contributed by atoms with Gasteiger partial charge < -0.3 is 20.1 Å². The summed E-state index contributed by atoms with van der Waals surface area (Å²) >= 11 is 0. The van der Waals surface area contributed by atoms with Crippen molar-refractivity contribution in [3.63, 3.8) is 0 Å². The zero-order chi connectivity index (χ0) is 18.7. The Kier molecular flexibility index (Phi) is 5.42. The Morgan fingerprint density at radius 2 is 1.81 bits per heavy atom. The molecule has 3 rings (SSSR count). The van der Waals surface area contributed by atoms with E-state index in [0.29, 0.717) is 25.4 Å². The summed E-state index contributed by atoms with van der Waals surface area (Å²) in [6.45, 7) is 1.49. The van der Waals surface area contributed by atoms with Crippen molar-refractivity contribution in [3.8, 4) is 11.5 Å².